The SMILES string of the molecule is COB1n2c3ccc2C(c2ccccc2)=C2C=CC(=N2)C(c2ccccc2)=c2ccc(n21)=C3. The first-order chi connectivity index (χ1) is 16.3. The Morgan fingerprint density at radius 1 is 0.727 bits per heavy atom. The van der Waals surface area contributed by atoms with Crippen molar-refractivity contribution in [3.05, 3.63) is 136 Å². The fourth-order valence-corrected chi connectivity index (χ4v) is 5.25. The summed E-state index contributed by atoms with van der Waals surface area (Å²) in [5, 5.41) is 2.22. The number of allylic oxidation sites excluding steroid dienone is 2. The molecule has 0 spiro atoms. The van der Waals surface area contributed by atoms with Gasteiger partial charge in [0.2, 0.25) is 0 Å². The zero-order chi connectivity index (χ0) is 21.9. The Hall–Kier alpha value is -4.09. The molecule has 5 heterocycles. The number of hydrogen-bond acceptors (Lipinski definition) is 2. The maximum Gasteiger partial charge on any atom is 0.557 e. The molecule has 0 saturated heterocycles. The molecule has 0 N–H and O–H groups in total. The third-order valence-corrected chi connectivity index (χ3v) is 6.64. The molecule has 0 aliphatic carbocycles. The molecule has 0 fully saturated rings. The lowest BCUT2D eigenvalue weighted by Gasteiger charge is -2.25. The van der Waals surface area contributed by atoms with E-state index in [1.54, 1.807) is 7.11 Å². The molecule has 33 heavy (non-hydrogen) atoms. The van der Waals surface area contributed by atoms with Crippen LogP contribution < -0.4 is 10.7 Å². The molecule has 0 unspecified atom stereocenters. The van der Waals surface area contributed by atoms with Gasteiger partial charge >= 0.3 is 7.19 Å². The van der Waals surface area contributed by atoms with Crippen molar-refractivity contribution >= 4 is 30.1 Å². The van der Waals surface area contributed by atoms with Crippen molar-refractivity contribution in [3.8, 4) is 0 Å². The minimum atomic E-state index is -0.300. The summed E-state index contributed by atoms with van der Waals surface area (Å²) in [5.74, 6) is 0. The fourth-order valence-electron chi connectivity index (χ4n) is 5.25. The van der Waals surface area contributed by atoms with E-state index in [1.807, 2.05) is 12.1 Å². The smallest absolute Gasteiger partial charge is 0.400 e. The van der Waals surface area contributed by atoms with Gasteiger partial charge in [0.15, 0.2) is 0 Å². The van der Waals surface area contributed by atoms with Crippen LogP contribution in [0.15, 0.2) is 108 Å². The highest BCUT2D eigenvalue weighted by Gasteiger charge is 2.34. The molecule has 4 nitrogen and oxygen atoms in total. The first kappa shape index (κ1) is 18.5. The highest BCUT2D eigenvalue weighted by atomic mass is 16.4. The van der Waals surface area contributed by atoms with Gasteiger partial charge in [-0.3, -0.25) is 0 Å². The molecule has 0 amide bonds. The highest BCUT2D eigenvalue weighted by Crippen LogP contribution is 2.34. The second kappa shape index (κ2) is 6.96. The molecule has 2 aromatic heterocycles. The van der Waals surface area contributed by atoms with Crippen LogP contribution in [-0.4, -0.2) is 29.0 Å². The van der Waals surface area contributed by atoms with Gasteiger partial charge in [-0.1, -0.05) is 60.7 Å². The number of aliphatic imine (C=N–C) groups is 1. The number of rotatable bonds is 3. The molecule has 2 aromatic carbocycles. The minimum Gasteiger partial charge on any atom is -0.400 e. The quantitative estimate of drug-likeness (QED) is 0.463. The van der Waals surface area contributed by atoms with Crippen molar-refractivity contribution in [3.63, 3.8) is 0 Å². The van der Waals surface area contributed by atoms with E-state index >= 15 is 0 Å². The largest absolute Gasteiger partial charge is 0.557 e. The van der Waals surface area contributed by atoms with E-state index in [4.69, 9.17) is 9.65 Å². The highest BCUT2D eigenvalue weighted by molar-refractivity contribution is 6.50. The summed E-state index contributed by atoms with van der Waals surface area (Å²) in [7, 11) is 1.48. The lowest BCUT2D eigenvalue weighted by atomic mass is 9.92. The molecule has 3 aliphatic rings. The summed E-state index contributed by atoms with van der Waals surface area (Å²) in [6, 6.07) is 29.7. The first-order valence-electron chi connectivity index (χ1n) is 11.1. The Balaban J connectivity index is 1.68. The monoisotopic (exact) mass is 425 g/mol. The van der Waals surface area contributed by atoms with Crippen LogP contribution in [0.4, 0.5) is 0 Å². The van der Waals surface area contributed by atoms with E-state index in [0.29, 0.717) is 0 Å². The molecule has 3 aliphatic heterocycles. The second-order valence-corrected chi connectivity index (χ2v) is 8.43. The van der Waals surface area contributed by atoms with Gasteiger partial charge in [-0.15, -0.1) is 0 Å². The summed E-state index contributed by atoms with van der Waals surface area (Å²) in [6.45, 7) is 0. The van der Waals surface area contributed by atoms with Gasteiger partial charge in [-0.2, -0.15) is 0 Å². The van der Waals surface area contributed by atoms with Gasteiger partial charge in [0.05, 0.1) is 11.4 Å². The average molecular weight is 425 g/mol. The maximum atomic E-state index is 6.18. The van der Waals surface area contributed by atoms with Crippen LogP contribution in [-0.2, 0) is 4.65 Å². The van der Waals surface area contributed by atoms with Crippen LogP contribution in [0.2, 0.25) is 0 Å². The Kier molecular flexibility index (Phi) is 3.90. The third kappa shape index (κ3) is 2.60. The van der Waals surface area contributed by atoms with Gasteiger partial charge in [0, 0.05) is 40.3 Å². The predicted octanol–water partition coefficient (Wildman–Crippen LogP) is 3.44. The summed E-state index contributed by atoms with van der Waals surface area (Å²) in [5.41, 5.74) is 8.63. The molecular weight excluding hydrogens is 405 g/mol. The molecular formula is C28H20BN3O. The minimum absolute atomic E-state index is 0.300. The van der Waals surface area contributed by atoms with Crippen LogP contribution in [0.3, 0.4) is 0 Å². The zero-order valence-corrected chi connectivity index (χ0v) is 18.1. The fraction of sp³-hybridized carbons (Fsp3) is 0.0357. The summed E-state index contributed by atoms with van der Waals surface area (Å²) in [6.07, 6.45) is 6.51. The van der Waals surface area contributed by atoms with Crippen molar-refractivity contribution in [1.29, 1.82) is 0 Å². The second-order valence-electron chi connectivity index (χ2n) is 8.43. The lowest BCUT2D eigenvalue weighted by molar-refractivity contribution is 0.396. The average Bonchev–Trinajstić information content (AvgIpc) is 3.60. The summed E-state index contributed by atoms with van der Waals surface area (Å²) >= 11 is 0. The molecule has 4 aromatic rings. The van der Waals surface area contributed by atoms with E-state index < -0.39 is 0 Å². The standard InChI is InChI=1S/C28H20BN3O/c1-33-29-31-21-12-16-25(31)27(19-8-4-2-5-9-19)23-14-15-24(30-23)28(20-10-6-3-7-11-20)26-17-13-22(18-21)32(26)29/h2-18H,1H3. The van der Waals surface area contributed by atoms with Gasteiger partial charge in [-0.25, -0.2) is 4.99 Å². The normalized spacial score (nSPS) is 15.6. The molecule has 5 heteroatoms. The number of benzene rings is 2. The molecule has 7 rings (SSSR count). The van der Waals surface area contributed by atoms with E-state index in [9.17, 15) is 0 Å². The van der Waals surface area contributed by atoms with Crippen molar-refractivity contribution < 1.29 is 4.65 Å². The van der Waals surface area contributed by atoms with Crippen molar-refractivity contribution in [1.82, 2.24) is 8.96 Å². The maximum absolute atomic E-state index is 6.18. The lowest BCUT2D eigenvalue weighted by Crippen LogP contribution is -2.51. The van der Waals surface area contributed by atoms with E-state index in [0.717, 1.165) is 55.8 Å². The zero-order valence-electron chi connectivity index (χ0n) is 18.1. The topological polar surface area (TPSA) is 31.4 Å². The Bertz CT molecular complexity index is 1640. The van der Waals surface area contributed by atoms with Gasteiger partial charge in [0.25, 0.3) is 0 Å². The van der Waals surface area contributed by atoms with E-state index in [-0.39, 0.29) is 7.19 Å². The third-order valence-electron chi connectivity index (χ3n) is 6.64. The number of hydrogen-bond donors (Lipinski definition) is 0. The van der Waals surface area contributed by atoms with Crippen molar-refractivity contribution in [2.75, 3.05) is 7.11 Å². The molecule has 0 atom stereocenters. The summed E-state index contributed by atoms with van der Waals surface area (Å²) in [4.78, 5) is 5.19. The van der Waals surface area contributed by atoms with Crippen LogP contribution in [0, 0.1) is 0 Å². The van der Waals surface area contributed by atoms with Crippen LogP contribution >= 0.6 is 0 Å². The number of nitrogens with zero attached hydrogens (tertiary/aromatic N) is 3. The van der Waals surface area contributed by atoms with Gasteiger partial charge < -0.3 is 13.6 Å². The molecule has 4 bridgehead atoms. The van der Waals surface area contributed by atoms with Gasteiger partial charge in [0.1, 0.15) is 0 Å². The molecule has 0 radical (unpaired) electrons. The Labute approximate surface area is 191 Å². The van der Waals surface area contributed by atoms with Crippen LogP contribution in [0.1, 0.15) is 22.5 Å². The van der Waals surface area contributed by atoms with Crippen molar-refractivity contribution in [2.45, 2.75) is 0 Å². The molecule has 156 valence electrons. The Morgan fingerprint density at radius 2 is 1.45 bits per heavy atom. The van der Waals surface area contributed by atoms with E-state index in [1.165, 1.54) is 0 Å². The predicted molar refractivity (Wildman–Crippen MR) is 133 cm³/mol. The number of fused-ring (bicyclic) bond motifs is 1. The van der Waals surface area contributed by atoms with Crippen molar-refractivity contribution in [2.24, 2.45) is 4.99 Å². The first-order valence-corrected chi connectivity index (χ1v) is 11.1. The van der Waals surface area contributed by atoms with Crippen LogP contribution in [0.5, 0.6) is 0 Å². The number of aromatic nitrogens is 2. The van der Waals surface area contributed by atoms with E-state index in [2.05, 4.69) is 100.0 Å². The Morgan fingerprint density at radius 3 is 2.18 bits per heavy atom. The van der Waals surface area contributed by atoms with Gasteiger partial charge in [-0.05, 0) is 53.6 Å². The molecule has 0 saturated carbocycles. The van der Waals surface area contributed by atoms with Crippen LogP contribution in [0.25, 0.3) is 17.2 Å². The summed E-state index contributed by atoms with van der Waals surface area (Å²) < 4.78 is 10.7.